The molecule has 154 valence electrons. The third-order valence-electron chi connectivity index (χ3n) is 4.14. The van der Waals surface area contributed by atoms with Crippen LogP contribution in [0.1, 0.15) is 54.9 Å². The van der Waals surface area contributed by atoms with Crippen molar-refractivity contribution in [2.24, 2.45) is 16.2 Å². The van der Waals surface area contributed by atoms with Gasteiger partial charge in [0.25, 0.3) is 0 Å². The van der Waals surface area contributed by atoms with Crippen molar-refractivity contribution in [3.05, 3.63) is 0 Å². The maximum absolute atomic E-state index is 12.7. The molecule has 0 heterocycles. The fraction of sp³-hybridized carbons (Fsp3) is 0.882. The van der Waals surface area contributed by atoms with Crippen LogP contribution in [0, 0.1) is 16.2 Å². The Labute approximate surface area is 150 Å². The Morgan fingerprint density at radius 1 is 0.808 bits per heavy atom. The number of hydrogen-bond donors (Lipinski definition) is 0. The monoisotopic (exact) mass is 390 g/mol. The lowest BCUT2D eigenvalue weighted by Gasteiger charge is -2.43. The molecule has 26 heavy (non-hydrogen) atoms. The van der Waals surface area contributed by atoms with Gasteiger partial charge in [0.05, 0.1) is 5.41 Å². The van der Waals surface area contributed by atoms with Gasteiger partial charge < -0.3 is 9.47 Å². The van der Waals surface area contributed by atoms with Crippen LogP contribution in [0.5, 0.6) is 0 Å². The standard InChI is InChI=1S/C17H27F5O4/c1-13(2,3)9-15(7,14(4,5)6)12(24)25-8-11(23)26-10-16(18,19)17(20,21)22/h8-10H2,1-7H3. The summed E-state index contributed by atoms with van der Waals surface area (Å²) in [5.74, 6) is -7.40. The SMILES string of the molecule is CC(C)(C)CC(C)(C(=O)OCC(=O)OCC(F)(F)C(F)(F)F)C(C)(C)C. The molecule has 0 spiro atoms. The number of carbonyl (C=O) groups excluding carboxylic acids is 2. The molecule has 1 atom stereocenters. The van der Waals surface area contributed by atoms with E-state index in [1.54, 1.807) is 6.92 Å². The summed E-state index contributed by atoms with van der Waals surface area (Å²) in [6.07, 6.45) is -5.43. The maximum atomic E-state index is 12.7. The lowest BCUT2D eigenvalue weighted by Crippen LogP contribution is -2.45. The van der Waals surface area contributed by atoms with Gasteiger partial charge in [0.15, 0.2) is 13.2 Å². The normalized spacial score (nSPS) is 16.0. The van der Waals surface area contributed by atoms with Crippen molar-refractivity contribution < 1.29 is 41.0 Å². The lowest BCUT2D eigenvalue weighted by molar-refractivity contribution is -0.294. The summed E-state index contributed by atoms with van der Waals surface area (Å²) in [4.78, 5) is 23.9. The third kappa shape index (κ3) is 6.72. The molecule has 0 amide bonds. The molecule has 0 aromatic carbocycles. The molecule has 0 fully saturated rings. The van der Waals surface area contributed by atoms with Crippen molar-refractivity contribution in [2.45, 2.75) is 67.0 Å². The Hall–Kier alpha value is -1.41. The predicted octanol–water partition coefficient (Wildman–Crippen LogP) is 4.76. The number of ether oxygens (including phenoxy) is 2. The van der Waals surface area contributed by atoms with Crippen LogP contribution in [0.3, 0.4) is 0 Å². The van der Waals surface area contributed by atoms with Gasteiger partial charge in [-0.2, -0.15) is 22.0 Å². The number of carbonyl (C=O) groups is 2. The van der Waals surface area contributed by atoms with E-state index in [1.165, 1.54) is 0 Å². The van der Waals surface area contributed by atoms with Crippen LogP contribution in [-0.4, -0.2) is 37.3 Å². The van der Waals surface area contributed by atoms with Gasteiger partial charge in [-0.25, -0.2) is 4.79 Å². The fourth-order valence-electron chi connectivity index (χ4n) is 2.28. The minimum Gasteiger partial charge on any atom is -0.456 e. The maximum Gasteiger partial charge on any atom is 0.456 e. The summed E-state index contributed by atoms with van der Waals surface area (Å²) in [7, 11) is 0. The van der Waals surface area contributed by atoms with E-state index in [2.05, 4.69) is 4.74 Å². The molecule has 0 aliphatic heterocycles. The first kappa shape index (κ1) is 24.6. The molecule has 0 bridgehead atoms. The molecular formula is C17H27F5O4. The Balaban J connectivity index is 4.92. The van der Waals surface area contributed by atoms with E-state index in [1.807, 2.05) is 41.5 Å². The minimum atomic E-state index is -5.83. The average molecular weight is 390 g/mol. The molecule has 0 aromatic rings. The summed E-state index contributed by atoms with van der Waals surface area (Å²) in [6, 6.07) is 0. The number of rotatable bonds is 6. The molecule has 0 saturated heterocycles. The molecule has 4 nitrogen and oxygen atoms in total. The highest BCUT2D eigenvalue weighted by Crippen LogP contribution is 2.47. The second-order valence-electron chi connectivity index (χ2n) is 8.76. The molecule has 9 heteroatoms. The minimum absolute atomic E-state index is 0.254. The Morgan fingerprint density at radius 2 is 1.27 bits per heavy atom. The van der Waals surface area contributed by atoms with Crippen LogP contribution < -0.4 is 0 Å². The van der Waals surface area contributed by atoms with Gasteiger partial charge >= 0.3 is 24.0 Å². The summed E-state index contributed by atoms with van der Waals surface area (Å²) in [6.45, 7) is 9.62. The fourth-order valence-corrected chi connectivity index (χ4v) is 2.28. The van der Waals surface area contributed by atoms with Gasteiger partial charge in [-0.05, 0) is 24.2 Å². The number of hydrogen-bond acceptors (Lipinski definition) is 4. The van der Waals surface area contributed by atoms with Gasteiger partial charge in [-0.3, -0.25) is 4.79 Å². The van der Waals surface area contributed by atoms with Gasteiger partial charge in [0.2, 0.25) is 0 Å². The van der Waals surface area contributed by atoms with Crippen LogP contribution in [0.2, 0.25) is 0 Å². The number of alkyl halides is 5. The predicted molar refractivity (Wildman–Crippen MR) is 84.6 cm³/mol. The third-order valence-corrected chi connectivity index (χ3v) is 4.14. The molecule has 0 aliphatic carbocycles. The van der Waals surface area contributed by atoms with Crippen molar-refractivity contribution in [3.63, 3.8) is 0 Å². The highest BCUT2D eigenvalue weighted by atomic mass is 19.4. The van der Waals surface area contributed by atoms with E-state index >= 15 is 0 Å². The molecule has 0 N–H and O–H groups in total. The second-order valence-corrected chi connectivity index (χ2v) is 8.76. The summed E-state index contributed by atoms with van der Waals surface area (Å²) in [5, 5.41) is 0. The largest absolute Gasteiger partial charge is 0.456 e. The number of esters is 2. The Bertz CT molecular complexity index is 515. The molecule has 0 aliphatic rings. The van der Waals surface area contributed by atoms with E-state index in [4.69, 9.17) is 4.74 Å². The van der Waals surface area contributed by atoms with Crippen molar-refractivity contribution in [3.8, 4) is 0 Å². The van der Waals surface area contributed by atoms with Crippen molar-refractivity contribution in [1.29, 1.82) is 0 Å². The average Bonchev–Trinajstić information content (AvgIpc) is 2.38. The van der Waals surface area contributed by atoms with Gasteiger partial charge in [-0.1, -0.05) is 41.5 Å². The van der Waals surface area contributed by atoms with E-state index < -0.39 is 48.1 Å². The van der Waals surface area contributed by atoms with Crippen LogP contribution in [0.25, 0.3) is 0 Å². The Kier molecular flexibility index (Phi) is 7.26. The summed E-state index contributed by atoms with van der Waals surface area (Å²) < 4.78 is 70.2. The lowest BCUT2D eigenvalue weighted by atomic mass is 9.61. The topological polar surface area (TPSA) is 52.6 Å². The van der Waals surface area contributed by atoms with E-state index in [0.717, 1.165) is 0 Å². The first-order chi connectivity index (χ1) is 11.2. The summed E-state index contributed by atoms with van der Waals surface area (Å²) >= 11 is 0. The molecule has 0 radical (unpaired) electrons. The van der Waals surface area contributed by atoms with Gasteiger partial charge in [0, 0.05) is 0 Å². The van der Waals surface area contributed by atoms with E-state index in [0.29, 0.717) is 6.42 Å². The van der Waals surface area contributed by atoms with Crippen LogP contribution in [0.15, 0.2) is 0 Å². The second kappa shape index (κ2) is 7.68. The highest BCUT2D eigenvalue weighted by Gasteiger charge is 2.58. The van der Waals surface area contributed by atoms with Crippen LogP contribution >= 0.6 is 0 Å². The van der Waals surface area contributed by atoms with Crippen molar-refractivity contribution in [2.75, 3.05) is 13.2 Å². The zero-order valence-corrected chi connectivity index (χ0v) is 16.1. The summed E-state index contributed by atoms with van der Waals surface area (Å²) in [5.41, 5.74) is -1.82. The zero-order valence-electron chi connectivity index (χ0n) is 16.1. The van der Waals surface area contributed by atoms with Gasteiger partial charge in [0.1, 0.15) is 0 Å². The molecule has 1 unspecified atom stereocenters. The molecular weight excluding hydrogens is 363 g/mol. The van der Waals surface area contributed by atoms with E-state index in [-0.39, 0.29) is 5.41 Å². The quantitative estimate of drug-likeness (QED) is 0.485. The van der Waals surface area contributed by atoms with Crippen LogP contribution in [0.4, 0.5) is 22.0 Å². The van der Waals surface area contributed by atoms with Crippen LogP contribution in [-0.2, 0) is 19.1 Å². The zero-order chi connectivity index (χ0) is 21.2. The highest BCUT2D eigenvalue weighted by molar-refractivity contribution is 5.80. The van der Waals surface area contributed by atoms with E-state index in [9.17, 15) is 31.5 Å². The molecule has 0 aromatic heterocycles. The first-order valence-electron chi connectivity index (χ1n) is 8.00. The van der Waals surface area contributed by atoms with Crippen molar-refractivity contribution in [1.82, 2.24) is 0 Å². The molecule has 0 saturated carbocycles. The first-order valence-corrected chi connectivity index (χ1v) is 8.00. The van der Waals surface area contributed by atoms with Gasteiger partial charge in [-0.15, -0.1) is 0 Å². The smallest absolute Gasteiger partial charge is 0.456 e. The Morgan fingerprint density at radius 3 is 1.62 bits per heavy atom. The number of halogens is 5. The van der Waals surface area contributed by atoms with Crippen molar-refractivity contribution >= 4 is 11.9 Å². The molecule has 0 rings (SSSR count).